The van der Waals surface area contributed by atoms with Gasteiger partial charge < -0.3 is 4.52 Å². The minimum absolute atomic E-state index is 0.0509. The molecule has 0 unspecified atom stereocenters. The summed E-state index contributed by atoms with van der Waals surface area (Å²) in [5.41, 5.74) is 0.941. The molecule has 1 aliphatic heterocycles. The summed E-state index contributed by atoms with van der Waals surface area (Å²) >= 11 is 1.59. The van der Waals surface area contributed by atoms with Crippen LogP contribution in [0.1, 0.15) is 26.6 Å². The Labute approximate surface area is 173 Å². The number of aromatic nitrogens is 2. The standard InChI is InChI=1S/C20H20FN3O3S2/c1-20(2,3)19-22-18(27-23-19)13-4-9-17-16(12-13)24(10-11-28-17)29(25,26)15-7-5-14(21)6-8-15/h4-9,12H,10-11H2,1-3H3. The van der Waals surface area contributed by atoms with Gasteiger partial charge in [0.15, 0.2) is 5.82 Å². The normalized spacial score (nSPS) is 14.7. The molecule has 0 atom stereocenters. The number of hydrogen-bond acceptors (Lipinski definition) is 6. The predicted molar refractivity (Wildman–Crippen MR) is 110 cm³/mol. The lowest BCUT2D eigenvalue weighted by Crippen LogP contribution is -2.35. The van der Waals surface area contributed by atoms with E-state index in [0.29, 0.717) is 35.3 Å². The van der Waals surface area contributed by atoms with Gasteiger partial charge in [0.05, 0.1) is 10.6 Å². The van der Waals surface area contributed by atoms with Crippen LogP contribution in [0.2, 0.25) is 0 Å². The fraction of sp³-hybridized carbons (Fsp3) is 0.300. The average Bonchev–Trinajstić information content (AvgIpc) is 3.18. The topological polar surface area (TPSA) is 76.3 Å². The first-order valence-corrected chi connectivity index (χ1v) is 11.5. The number of rotatable bonds is 3. The maximum Gasteiger partial charge on any atom is 0.264 e. The van der Waals surface area contributed by atoms with Gasteiger partial charge in [-0.3, -0.25) is 4.31 Å². The van der Waals surface area contributed by atoms with Crippen LogP contribution in [0.3, 0.4) is 0 Å². The fourth-order valence-corrected chi connectivity index (χ4v) is 5.58. The molecule has 0 aliphatic carbocycles. The lowest BCUT2D eigenvalue weighted by atomic mass is 9.96. The molecule has 2 aromatic carbocycles. The molecule has 0 radical (unpaired) electrons. The summed E-state index contributed by atoms with van der Waals surface area (Å²) in [6.07, 6.45) is 0. The Morgan fingerprint density at radius 1 is 1.14 bits per heavy atom. The molecule has 0 saturated carbocycles. The van der Waals surface area contributed by atoms with Crippen LogP contribution in [0.15, 0.2) is 56.8 Å². The molecule has 152 valence electrons. The van der Waals surface area contributed by atoms with Crippen LogP contribution in [0.25, 0.3) is 11.5 Å². The number of fused-ring (bicyclic) bond motifs is 1. The van der Waals surface area contributed by atoms with E-state index in [-0.39, 0.29) is 10.3 Å². The molecular weight excluding hydrogens is 413 g/mol. The number of sulfonamides is 1. The minimum Gasteiger partial charge on any atom is -0.334 e. The van der Waals surface area contributed by atoms with Crippen molar-refractivity contribution in [2.75, 3.05) is 16.6 Å². The van der Waals surface area contributed by atoms with Crippen molar-refractivity contribution in [2.24, 2.45) is 0 Å². The van der Waals surface area contributed by atoms with Gasteiger partial charge in [-0.25, -0.2) is 12.8 Å². The van der Waals surface area contributed by atoms with Crippen molar-refractivity contribution in [3.05, 3.63) is 54.1 Å². The molecule has 0 N–H and O–H groups in total. The first-order chi connectivity index (χ1) is 13.7. The fourth-order valence-electron chi connectivity index (χ4n) is 2.96. The molecule has 2 heterocycles. The van der Waals surface area contributed by atoms with Crippen LogP contribution in [0.5, 0.6) is 0 Å². The van der Waals surface area contributed by atoms with Crippen molar-refractivity contribution in [2.45, 2.75) is 36.0 Å². The lowest BCUT2D eigenvalue weighted by molar-refractivity contribution is 0.402. The van der Waals surface area contributed by atoms with Crippen LogP contribution >= 0.6 is 11.8 Å². The monoisotopic (exact) mass is 433 g/mol. The molecule has 0 saturated heterocycles. The SMILES string of the molecule is CC(C)(C)c1noc(-c2ccc3c(c2)N(S(=O)(=O)c2ccc(F)cc2)CCS3)n1. The predicted octanol–water partition coefficient (Wildman–Crippen LogP) is 4.47. The average molecular weight is 434 g/mol. The summed E-state index contributed by atoms with van der Waals surface area (Å²) in [5, 5.41) is 4.04. The lowest BCUT2D eigenvalue weighted by Gasteiger charge is -2.30. The molecule has 0 fully saturated rings. The van der Waals surface area contributed by atoms with Gasteiger partial charge in [0.2, 0.25) is 0 Å². The zero-order chi connectivity index (χ0) is 20.8. The minimum atomic E-state index is -3.82. The van der Waals surface area contributed by atoms with E-state index in [1.54, 1.807) is 17.8 Å². The molecule has 0 bridgehead atoms. The molecule has 3 aromatic rings. The molecule has 1 aromatic heterocycles. The van der Waals surface area contributed by atoms with Gasteiger partial charge >= 0.3 is 0 Å². The quantitative estimate of drug-likeness (QED) is 0.606. The maximum absolute atomic E-state index is 13.2. The summed E-state index contributed by atoms with van der Waals surface area (Å²) < 4.78 is 46.4. The largest absolute Gasteiger partial charge is 0.334 e. The molecule has 0 spiro atoms. The molecule has 6 nitrogen and oxygen atoms in total. The highest BCUT2D eigenvalue weighted by Gasteiger charge is 2.30. The molecule has 0 amide bonds. The second-order valence-electron chi connectivity index (χ2n) is 7.74. The number of nitrogens with zero attached hydrogens (tertiary/aromatic N) is 3. The van der Waals surface area contributed by atoms with E-state index in [1.165, 1.54) is 16.4 Å². The van der Waals surface area contributed by atoms with Gasteiger partial charge in [-0.05, 0) is 42.5 Å². The van der Waals surface area contributed by atoms with E-state index in [1.807, 2.05) is 32.9 Å². The Balaban J connectivity index is 1.76. The molecule has 4 rings (SSSR count). The number of anilines is 1. The van der Waals surface area contributed by atoms with E-state index in [4.69, 9.17) is 4.52 Å². The molecule has 1 aliphatic rings. The van der Waals surface area contributed by atoms with Crippen molar-refractivity contribution in [3.8, 4) is 11.5 Å². The van der Waals surface area contributed by atoms with Gasteiger partial charge in [0.1, 0.15) is 5.82 Å². The van der Waals surface area contributed by atoms with Gasteiger partial charge in [0.25, 0.3) is 15.9 Å². The summed E-state index contributed by atoms with van der Waals surface area (Å²) in [6, 6.07) is 10.3. The van der Waals surface area contributed by atoms with Crippen LogP contribution < -0.4 is 4.31 Å². The van der Waals surface area contributed by atoms with Crippen LogP contribution in [-0.4, -0.2) is 30.9 Å². The van der Waals surface area contributed by atoms with Crippen LogP contribution in [0, 0.1) is 5.82 Å². The zero-order valence-electron chi connectivity index (χ0n) is 16.2. The summed E-state index contributed by atoms with van der Waals surface area (Å²) in [4.78, 5) is 5.36. The van der Waals surface area contributed by atoms with E-state index >= 15 is 0 Å². The summed E-state index contributed by atoms with van der Waals surface area (Å²) in [7, 11) is -3.82. The van der Waals surface area contributed by atoms with Crippen LogP contribution in [0.4, 0.5) is 10.1 Å². The Kier molecular flexibility index (Phi) is 4.90. The van der Waals surface area contributed by atoms with E-state index in [2.05, 4.69) is 10.1 Å². The summed E-state index contributed by atoms with van der Waals surface area (Å²) in [6.45, 7) is 6.28. The van der Waals surface area contributed by atoms with Gasteiger partial charge in [0, 0.05) is 28.2 Å². The first-order valence-electron chi connectivity index (χ1n) is 9.06. The van der Waals surface area contributed by atoms with E-state index < -0.39 is 15.8 Å². The first kappa shape index (κ1) is 19.9. The van der Waals surface area contributed by atoms with Crippen molar-refractivity contribution in [1.29, 1.82) is 0 Å². The summed E-state index contributed by atoms with van der Waals surface area (Å²) in [5.74, 6) is 1.07. The number of halogens is 1. The third-order valence-corrected chi connectivity index (χ3v) is 7.40. The van der Waals surface area contributed by atoms with E-state index in [0.717, 1.165) is 17.0 Å². The molecule has 29 heavy (non-hydrogen) atoms. The van der Waals surface area contributed by atoms with Crippen molar-refractivity contribution < 1.29 is 17.3 Å². The number of benzene rings is 2. The second kappa shape index (κ2) is 7.14. The second-order valence-corrected chi connectivity index (χ2v) is 10.7. The zero-order valence-corrected chi connectivity index (χ0v) is 17.8. The van der Waals surface area contributed by atoms with E-state index in [9.17, 15) is 12.8 Å². The molecule has 9 heteroatoms. The number of hydrogen-bond donors (Lipinski definition) is 0. The highest BCUT2D eigenvalue weighted by molar-refractivity contribution is 8.00. The van der Waals surface area contributed by atoms with Crippen LogP contribution in [-0.2, 0) is 15.4 Å². The Morgan fingerprint density at radius 3 is 2.52 bits per heavy atom. The number of thioether (sulfide) groups is 1. The Hall–Kier alpha value is -2.39. The van der Waals surface area contributed by atoms with Crippen molar-refractivity contribution >= 4 is 27.5 Å². The van der Waals surface area contributed by atoms with Gasteiger partial charge in [-0.1, -0.05) is 25.9 Å². The molecular formula is C20H20FN3O3S2. The highest BCUT2D eigenvalue weighted by Crippen LogP contribution is 2.40. The third kappa shape index (κ3) is 3.76. The smallest absolute Gasteiger partial charge is 0.264 e. The third-order valence-electron chi connectivity index (χ3n) is 4.53. The van der Waals surface area contributed by atoms with Gasteiger partial charge in [-0.15, -0.1) is 11.8 Å². The van der Waals surface area contributed by atoms with Gasteiger partial charge in [-0.2, -0.15) is 4.98 Å². The highest BCUT2D eigenvalue weighted by atomic mass is 32.2. The van der Waals surface area contributed by atoms with Crippen molar-refractivity contribution in [3.63, 3.8) is 0 Å². The Morgan fingerprint density at radius 2 is 1.86 bits per heavy atom. The van der Waals surface area contributed by atoms with Crippen molar-refractivity contribution in [1.82, 2.24) is 10.1 Å². The maximum atomic E-state index is 13.2. The Bertz CT molecular complexity index is 1150.